The second kappa shape index (κ2) is 10.3. The fourth-order valence-electron chi connectivity index (χ4n) is 4.25. The van der Waals surface area contributed by atoms with Crippen molar-refractivity contribution in [3.63, 3.8) is 0 Å². The molecule has 1 saturated carbocycles. The van der Waals surface area contributed by atoms with Crippen LogP contribution in [-0.4, -0.2) is 35.6 Å². The zero-order chi connectivity index (χ0) is 22.5. The lowest BCUT2D eigenvalue weighted by atomic mass is 9.94. The summed E-state index contributed by atoms with van der Waals surface area (Å²) in [6.07, 6.45) is 5.84. The molecule has 6 heteroatoms. The highest BCUT2D eigenvalue weighted by molar-refractivity contribution is 8.00. The molecule has 0 unspecified atom stereocenters. The number of amides is 2. The van der Waals surface area contributed by atoms with Gasteiger partial charge in [0.25, 0.3) is 5.91 Å². The van der Waals surface area contributed by atoms with Crippen LogP contribution in [-0.2, 0) is 4.79 Å². The standard InChI is InChI=1S/C26H30N2O3S/c1-18(23-16-19-10-6-8-14-22(19)31-23)27-26(30)21-13-7-9-15-24(21)32-17-25(29)28(2)20-11-4-3-5-12-20/h6-10,13-16,18,20H,3-5,11-12,17H2,1-2H3,(H,27,30)/t18-/m1/s1. The first-order valence-electron chi connectivity index (χ1n) is 11.3. The van der Waals surface area contributed by atoms with Crippen molar-refractivity contribution < 1.29 is 14.0 Å². The number of hydrogen-bond acceptors (Lipinski definition) is 4. The number of carbonyl (C=O) groups is 2. The summed E-state index contributed by atoms with van der Waals surface area (Å²) in [4.78, 5) is 28.5. The van der Waals surface area contributed by atoms with Crippen LogP contribution in [0, 0.1) is 0 Å². The Morgan fingerprint density at radius 2 is 1.81 bits per heavy atom. The van der Waals surface area contributed by atoms with E-state index in [0.717, 1.165) is 28.7 Å². The maximum Gasteiger partial charge on any atom is 0.252 e. The van der Waals surface area contributed by atoms with Gasteiger partial charge in [-0.1, -0.05) is 49.6 Å². The van der Waals surface area contributed by atoms with Crippen molar-refractivity contribution in [3.8, 4) is 0 Å². The van der Waals surface area contributed by atoms with Crippen molar-refractivity contribution in [2.75, 3.05) is 12.8 Å². The van der Waals surface area contributed by atoms with Gasteiger partial charge in [0.05, 0.1) is 17.4 Å². The van der Waals surface area contributed by atoms with Crippen molar-refractivity contribution in [1.29, 1.82) is 0 Å². The molecule has 0 saturated heterocycles. The molecule has 2 aromatic carbocycles. The number of rotatable bonds is 7. The van der Waals surface area contributed by atoms with Crippen molar-refractivity contribution in [2.45, 2.75) is 56.0 Å². The zero-order valence-electron chi connectivity index (χ0n) is 18.7. The minimum atomic E-state index is -0.271. The molecule has 1 aromatic heterocycles. The number of hydrogen-bond donors (Lipinski definition) is 1. The minimum Gasteiger partial charge on any atom is -0.459 e. The number of benzene rings is 2. The van der Waals surface area contributed by atoms with Gasteiger partial charge in [-0.15, -0.1) is 11.8 Å². The van der Waals surface area contributed by atoms with Gasteiger partial charge in [0, 0.05) is 23.4 Å². The van der Waals surface area contributed by atoms with E-state index in [1.807, 2.05) is 67.4 Å². The molecule has 1 fully saturated rings. The minimum absolute atomic E-state index is 0.118. The van der Waals surface area contributed by atoms with Crippen LogP contribution in [0.25, 0.3) is 11.0 Å². The van der Waals surface area contributed by atoms with Crippen LogP contribution >= 0.6 is 11.8 Å². The molecule has 1 aliphatic rings. The van der Waals surface area contributed by atoms with E-state index in [1.165, 1.54) is 31.0 Å². The second-order valence-corrected chi connectivity index (χ2v) is 9.48. The molecule has 2 amide bonds. The number of para-hydroxylation sites is 1. The third kappa shape index (κ3) is 5.18. The van der Waals surface area contributed by atoms with E-state index in [9.17, 15) is 9.59 Å². The first-order valence-corrected chi connectivity index (χ1v) is 12.3. The summed E-state index contributed by atoms with van der Waals surface area (Å²) in [5.74, 6) is 0.993. The third-order valence-electron chi connectivity index (χ3n) is 6.22. The largest absolute Gasteiger partial charge is 0.459 e. The Hall–Kier alpha value is -2.73. The van der Waals surface area contributed by atoms with Crippen LogP contribution < -0.4 is 5.32 Å². The summed E-state index contributed by atoms with van der Waals surface area (Å²) >= 11 is 1.43. The van der Waals surface area contributed by atoms with Crippen molar-refractivity contribution in [1.82, 2.24) is 10.2 Å². The first-order chi connectivity index (χ1) is 15.5. The smallest absolute Gasteiger partial charge is 0.252 e. The molecule has 3 aromatic rings. The van der Waals surface area contributed by atoms with Gasteiger partial charge in [-0.05, 0) is 44.0 Å². The lowest BCUT2D eigenvalue weighted by Crippen LogP contribution is -2.39. The van der Waals surface area contributed by atoms with Gasteiger partial charge < -0.3 is 14.6 Å². The molecular formula is C26H30N2O3S. The van der Waals surface area contributed by atoms with E-state index >= 15 is 0 Å². The maximum atomic E-state index is 13.0. The van der Waals surface area contributed by atoms with Crippen molar-refractivity contribution >= 4 is 34.5 Å². The lowest BCUT2D eigenvalue weighted by Gasteiger charge is -2.31. The highest BCUT2D eigenvalue weighted by Gasteiger charge is 2.23. The topological polar surface area (TPSA) is 62.6 Å². The van der Waals surface area contributed by atoms with Gasteiger partial charge in [0.1, 0.15) is 11.3 Å². The van der Waals surface area contributed by atoms with Gasteiger partial charge >= 0.3 is 0 Å². The number of thioether (sulfide) groups is 1. The van der Waals surface area contributed by atoms with E-state index in [1.54, 1.807) is 6.07 Å². The molecule has 1 aliphatic carbocycles. The Morgan fingerprint density at radius 1 is 1.09 bits per heavy atom. The second-order valence-electron chi connectivity index (χ2n) is 8.46. The highest BCUT2D eigenvalue weighted by atomic mass is 32.2. The van der Waals surface area contributed by atoms with Crippen LogP contribution in [0.2, 0.25) is 0 Å². The van der Waals surface area contributed by atoms with Crippen LogP contribution in [0.4, 0.5) is 0 Å². The fraction of sp³-hybridized carbons (Fsp3) is 0.385. The molecule has 1 N–H and O–H groups in total. The molecule has 0 radical (unpaired) electrons. The van der Waals surface area contributed by atoms with E-state index < -0.39 is 0 Å². The summed E-state index contributed by atoms with van der Waals surface area (Å²) in [6.45, 7) is 1.91. The molecular weight excluding hydrogens is 420 g/mol. The molecule has 0 spiro atoms. The van der Waals surface area contributed by atoms with Gasteiger partial charge in [-0.3, -0.25) is 9.59 Å². The molecule has 32 heavy (non-hydrogen) atoms. The van der Waals surface area contributed by atoms with Gasteiger partial charge in [-0.25, -0.2) is 0 Å². The van der Waals surface area contributed by atoms with Crippen molar-refractivity contribution in [2.24, 2.45) is 0 Å². The molecule has 4 rings (SSSR count). The van der Waals surface area contributed by atoms with Gasteiger partial charge in [0.2, 0.25) is 5.91 Å². The molecule has 1 atom stereocenters. The van der Waals surface area contributed by atoms with E-state index in [4.69, 9.17) is 4.42 Å². The quantitative estimate of drug-likeness (QED) is 0.462. The average Bonchev–Trinajstić information content (AvgIpc) is 3.27. The Balaban J connectivity index is 1.39. The molecule has 0 aliphatic heterocycles. The number of nitrogens with one attached hydrogen (secondary N) is 1. The summed E-state index contributed by atoms with van der Waals surface area (Å²) in [7, 11) is 1.91. The fourth-order valence-corrected chi connectivity index (χ4v) is 5.23. The van der Waals surface area contributed by atoms with E-state index in [0.29, 0.717) is 23.1 Å². The molecule has 5 nitrogen and oxygen atoms in total. The predicted octanol–water partition coefficient (Wildman–Crippen LogP) is 5.81. The highest BCUT2D eigenvalue weighted by Crippen LogP contribution is 2.27. The Morgan fingerprint density at radius 3 is 2.59 bits per heavy atom. The van der Waals surface area contributed by atoms with Gasteiger partial charge in [-0.2, -0.15) is 0 Å². The first kappa shape index (κ1) is 22.5. The maximum absolute atomic E-state index is 13.0. The van der Waals surface area contributed by atoms with Crippen LogP contribution in [0.1, 0.15) is 61.2 Å². The average molecular weight is 451 g/mol. The third-order valence-corrected chi connectivity index (χ3v) is 7.28. The number of furan rings is 1. The summed E-state index contributed by atoms with van der Waals surface area (Å²) in [5, 5.41) is 4.05. The summed E-state index contributed by atoms with van der Waals surface area (Å²) < 4.78 is 5.89. The summed E-state index contributed by atoms with van der Waals surface area (Å²) in [5.41, 5.74) is 1.38. The van der Waals surface area contributed by atoms with Gasteiger partial charge in [0.15, 0.2) is 0 Å². The lowest BCUT2D eigenvalue weighted by molar-refractivity contribution is -0.129. The SMILES string of the molecule is C[C@@H](NC(=O)c1ccccc1SCC(=O)N(C)C1CCCCC1)c1cc2ccccc2o1. The number of fused-ring (bicyclic) bond motifs is 1. The van der Waals surface area contributed by atoms with Crippen LogP contribution in [0.5, 0.6) is 0 Å². The number of carbonyl (C=O) groups excluding carboxylic acids is 2. The normalized spacial score (nSPS) is 15.4. The zero-order valence-corrected chi connectivity index (χ0v) is 19.5. The van der Waals surface area contributed by atoms with Crippen LogP contribution in [0.3, 0.4) is 0 Å². The monoisotopic (exact) mass is 450 g/mol. The molecule has 1 heterocycles. The van der Waals surface area contributed by atoms with Crippen molar-refractivity contribution in [3.05, 3.63) is 65.9 Å². The van der Waals surface area contributed by atoms with E-state index in [-0.39, 0.29) is 17.9 Å². The molecule has 0 bridgehead atoms. The Bertz CT molecular complexity index is 1050. The Kier molecular flexibility index (Phi) is 7.20. The number of nitrogens with zero attached hydrogens (tertiary/aromatic N) is 1. The predicted molar refractivity (Wildman–Crippen MR) is 129 cm³/mol. The summed E-state index contributed by atoms with van der Waals surface area (Å²) in [6, 6.07) is 17.3. The van der Waals surface area contributed by atoms with E-state index in [2.05, 4.69) is 5.32 Å². The molecule has 168 valence electrons. The van der Waals surface area contributed by atoms with Crippen LogP contribution in [0.15, 0.2) is 63.9 Å². The Labute approximate surface area is 193 Å².